The Balaban J connectivity index is 1.53. The van der Waals surface area contributed by atoms with Gasteiger partial charge in [0.25, 0.3) is 0 Å². The van der Waals surface area contributed by atoms with Crippen LogP contribution in [0.15, 0.2) is 53.9 Å². The Morgan fingerprint density at radius 1 is 1.20 bits per heavy atom. The predicted octanol–water partition coefficient (Wildman–Crippen LogP) is 2.46. The number of hydrogen-bond donors (Lipinski definition) is 3. The van der Waals surface area contributed by atoms with Gasteiger partial charge in [-0.3, -0.25) is 0 Å². The molecule has 3 heteroatoms. The molecule has 3 N–H and O–H groups in total. The van der Waals surface area contributed by atoms with Crippen LogP contribution in [0.1, 0.15) is 31.4 Å². The summed E-state index contributed by atoms with van der Waals surface area (Å²) in [4.78, 5) is 0. The molecule has 1 saturated carbocycles. The van der Waals surface area contributed by atoms with E-state index in [1.54, 1.807) is 0 Å². The lowest BCUT2D eigenvalue weighted by Gasteiger charge is -2.23. The van der Waals surface area contributed by atoms with Crippen LogP contribution >= 0.6 is 0 Å². The van der Waals surface area contributed by atoms with Crippen molar-refractivity contribution < 1.29 is 0 Å². The molecule has 0 radical (unpaired) electrons. The molecule has 106 valence electrons. The van der Waals surface area contributed by atoms with Crippen LogP contribution in [-0.4, -0.2) is 19.1 Å². The molecule has 0 bridgehead atoms. The standard InChI is InChI=1S/C17H23N3/c1-13(15-5-3-2-4-6-15)20-17-10-7-14(12-19-17)11-18-16-8-9-16/h2-7,10,13,16,18-20H,8-9,11-12H2,1H3. The van der Waals surface area contributed by atoms with Crippen molar-refractivity contribution in [2.24, 2.45) is 0 Å². The van der Waals surface area contributed by atoms with Crippen LogP contribution in [0.3, 0.4) is 0 Å². The number of hydrogen-bond acceptors (Lipinski definition) is 3. The summed E-state index contributed by atoms with van der Waals surface area (Å²) in [5.41, 5.74) is 2.73. The fourth-order valence-corrected chi connectivity index (χ4v) is 2.37. The largest absolute Gasteiger partial charge is 0.368 e. The molecule has 20 heavy (non-hydrogen) atoms. The zero-order chi connectivity index (χ0) is 13.8. The molecule has 0 spiro atoms. The first kappa shape index (κ1) is 13.3. The molecular formula is C17H23N3. The molecule has 3 nitrogen and oxygen atoms in total. The molecule has 0 amide bonds. The Hall–Kier alpha value is -1.74. The highest BCUT2D eigenvalue weighted by Gasteiger charge is 2.20. The van der Waals surface area contributed by atoms with E-state index in [0.29, 0.717) is 6.04 Å². The first-order valence-electron chi connectivity index (χ1n) is 7.50. The third-order valence-corrected chi connectivity index (χ3v) is 3.86. The molecule has 3 rings (SSSR count). The summed E-state index contributed by atoms with van der Waals surface area (Å²) in [5, 5.41) is 10.5. The molecule has 2 aliphatic rings. The van der Waals surface area contributed by atoms with Gasteiger partial charge in [-0.25, -0.2) is 0 Å². The molecule has 1 unspecified atom stereocenters. The van der Waals surface area contributed by atoms with Gasteiger partial charge in [0, 0.05) is 25.2 Å². The van der Waals surface area contributed by atoms with Gasteiger partial charge in [0.15, 0.2) is 0 Å². The molecule has 1 heterocycles. The van der Waals surface area contributed by atoms with Crippen molar-refractivity contribution in [2.75, 3.05) is 13.1 Å². The maximum Gasteiger partial charge on any atom is 0.0993 e. The van der Waals surface area contributed by atoms with Gasteiger partial charge in [-0.15, -0.1) is 0 Å². The minimum Gasteiger partial charge on any atom is -0.368 e. The number of allylic oxidation sites excluding steroid dienone is 2. The normalized spacial score (nSPS) is 19.6. The molecule has 1 aliphatic carbocycles. The van der Waals surface area contributed by atoms with Crippen LogP contribution in [0, 0.1) is 0 Å². The number of dihydropyridines is 1. The molecule has 1 atom stereocenters. The number of rotatable bonds is 6. The minimum atomic E-state index is 0.314. The summed E-state index contributed by atoms with van der Waals surface area (Å²) in [6.45, 7) is 4.13. The van der Waals surface area contributed by atoms with E-state index < -0.39 is 0 Å². The Kier molecular flexibility index (Phi) is 4.07. The zero-order valence-corrected chi connectivity index (χ0v) is 12.0. The van der Waals surface area contributed by atoms with Gasteiger partial charge in [-0.05, 0) is 37.0 Å². The van der Waals surface area contributed by atoms with Crippen molar-refractivity contribution >= 4 is 0 Å². The molecular weight excluding hydrogens is 246 g/mol. The summed E-state index contributed by atoms with van der Waals surface area (Å²) >= 11 is 0. The van der Waals surface area contributed by atoms with Gasteiger partial charge < -0.3 is 16.0 Å². The van der Waals surface area contributed by atoms with Crippen LogP contribution in [0.25, 0.3) is 0 Å². The van der Waals surface area contributed by atoms with E-state index in [2.05, 4.69) is 65.4 Å². The second kappa shape index (κ2) is 6.14. The minimum absolute atomic E-state index is 0.314. The highest BCUT2D eigenvalue weighted by atomic mass is 15.1. The molecule has 0 saturated heterocycles. The van der Waals surface area contributed by atoms with Crippen molar-refractivity contribution in [3.8, 4) is 0 Å². The summed E-state index contributed by atoms with van der Waals surface area (Å²) in [6.07, 6.45) is 7.06. The lowest BCUT2D eigenvalue weighted by molar-refractivity contribution is 0.596. The summed E-state index contributed by atoms with van der Waals surface area (Å²) in [7, 11) is 0. The van der Waals surface area contributed by atoms with E-state index in [-0.39, 0.29) is 0 Å². The van der Waals surface area contributed by atoms with E-state index in [4.69, 9.17) is 0 Å². The van der Waals surface area contributed by atoms with E-state index in [1.165, 1.54) is 24.0 Å². The average molecular weight is 269 g/mol. The summed E-state index contributed by atoms with van der Waals surface area (Å²) < 4.78 is 0. The lowest BCUT2D eigenvalue weighted by atomic mass is 10.1. The van der Waals surface area contributed by atoms with Gasteiger partial charge in [0.1, 0.15) is 0 Å². The quantitative estimate of drug-likeness (QED) is 0.742. The number of benzene rings is 1. The maximum absolute atomic E-state index is 3.55. The van der Waals surface area contributed by atoms with Gasteiger partial charge in [-0.2, -0.15) is 0 Å². The summed E-state index contributed by atoms with van der Waals surface area (Å²) in [5.74, 6) is 1.11. The third-order valence-electron chi connectivity index (χ3n) is 3.86. The third kappa shape index (κ3) is 3.64. The maximum atomic E-state index is 3.55. The first-order valence-corrected chi connectivity index (χ1v) is 7.50. The van der Waals surface area contributed by atoms with Crippen molar-refractivity contribution in [1.82, 2.24) is 16.0 Å². The SMILES string of the molecule is CC(NC1=CC=C(CNC2CC2)CN1)c1ccccc1. The van der Waals surface area contributed by atoms with Crippen molar-refractivity contribution in [3.63, 3.8) is 0 Å². The zero-order valence-electron chi connectivity index (χ0n) is 12.0. The van der Waals surface area contributed by atoms with Crippen LogP contribution in [0.2, 0.25) is 0 Å². The van der Waals surface area contributed by atoms with Crippen LogP contribution in [0.4, 0.5) is 0 Å². The Labute approximate surface area is 121 Å². The predicted molar refractivity (Wildman–Crippen MR) is 83.2 cm³/mol. The Morgan fingerprint density at radius 3 is 2.65 bits per heavy atom. The highest BCUT2D eigenvalue weighted by Crippen LogP contribution is 2.19. The first-order chi connectivity index (χ1) is 9.81. The van der Waals surface area contributed by atoms with E-state index >= 15 is 0 Å². The number of nitrogens with one attached hydrogen (secondary N) is 3. The molecule has 1 aromatic rings. The van der Waals surface area contributed by atoms with Crippen LogP contribution < -0.4 is 16.0 Å². The molecule has 1 aromatic carbocycles. The van der Waals surface area contributed by atoms with Gasteiger partial charge in [0.05, 0.1) is 5.82 Å². The topological polar surface area (TPSA) is 36.1 Å². The fraction of sp³-hybridized carbons (Fsp3) is 0.412. The molecule has 0 aromatic heterocycles. The van der Waals surface area contributed by atoms with E-state index in [0.717, 1.165) is 25.0 Å². The lowest BCUT2D eigenvalue weighted by Crippen LogP contribution is -2.34. The summed E-state index contributed by atoms with van der Waals surface area (Å²) in [6, 6.07) is 11.6. The second-order valence-electron chi connectivity index (χ2n) is 5.69. The van der Waals surface area contributed by atoms with Crippen LogP contribution in [0.5, 0.6) is 0 Å². The second-order valence-corrected chi connectivity index (χ2v) is 5.69. The van der Waals surface area contributed by atoms with Gasteiger partial charge in [0.2, 0.25) is 0 Å². The van der Waals surface area contributed by atoms with E-state index in [9.17, 15) is 0 Å². The Bertz CT molecular complexity index is 500. The molecule has 1 fully saturated rings. The smallest absolute Gasteiger partial charge is 0.0993 e. The van der Waals surface area contributed by atoms with Crippen molar-refractivity contribution in [2.45, 2.75) is 31.8 Å². The van der Waals surface area contributed by atoms with Crippen molar-refractivity contribution in [1.29, 1.82) is 0 Å². The Morgan fingerprint density at radius 2 is 2.00 bits per heavy atom. The fourth-order valence-electron chi connectivity index (χ4n) is 2.37. The van der Waals surface area contributed by atoms with E-state index in [1.807, 2.05) is 0 Å². The highest BCUT2D eigenvalue weighted by molar-refractivity contribution is 5.26. The van der Waals surface area contributed by atoms with Crippen LogP contribution in [-0.2, 0) is 0 Å². The average Bonchev–Trinajstić information content (AvgIpc) is 3.32. The van der Waals surface area contributed by atoms with Gasteiger partial charge in [-0.1, -0.05) is 36.4 Å². The van der Waals surface area contributed by atoms with Gasteiger partial charge >= 0.3 is 0 Å². The monoisotopic (exact) mass is 269 g/mol. The van der Waals surface area contributed by atoms with Crippen molar-refractivity contribution in [3.05, 3.63) is 59.4 Å². The molecule has 1 aliphatic heterocycles.